The van der Waals surface area contributed by atoms with E-state index in [1.165, 1.54) is 0 Å². The zero-order chi connectivity index (χ0) is 17.7. The Hall–Kier alpha value is -2.41. The van der Waals surface area contributed by atoms with E-state index in [0.717, 1.165) is 47.3 Å². The van der Waals surface area contributed by atoms with Gasteiger partial charge in [0.05, 0.1) is 12.2 Å². The maximum Gasteiger partial charge on any atom is 0.160 e. The van der Waals surface area contributed by atoms with Crippen LogP contribution in [0.4, 0.5) is 5.82 Å². The Kier molecular flexibility index (Phi) is 3.76. The Balaban J connectivity index is 1.89. The fourth-order valence-electron chi connectivity index (χ4n) is 3.63. The van der Waals surface area contributed by atoms with Crippen molar-refractivity contribution in [1.29, 1.82) is 0 Å². The minimum Gasteiger partial charge on any atom is -0.372 e. The third kappa shape index (κ3) is 2.68. The van der Waals surface area contributed by atoms with Crippen LogP contribution >= 0.6 is 0 Å². The van der Waals surface area contributed by atoms with Gasteiger partial charge in [-0.2, -0.15) is 9.61 Å². The summed E-state index contributed by atoms with van der Waals surface area (Å²) in [5.41, 5.74) is 3.87. The van der Waals surface area contributed by atoms with Gasteiger partial charge in [0, 0.05) is 49.9 Å². The van der Waals surface area contributed by atoms with E-state index in [1.807, 2.05) is 28.4 Å². The van der Waals surface area contributed by atoms with Crippen molar-refractivity contribution in [3.8, 4) is 11.5 Å². The Morgan fingerprint density at radius 1 is 1.16 bits per heavy atom. The molecule has 0 radical (unpaired) electrons. The molecule has 2 atom stereocenters. The average Bonchev–Trinajstić information content (AvgIpc) is 3.13. The fourth-order valence-corrected chi connectivity index (χ4v) is 3.63. The molecule has 1 aliphatic rings. The molecule has 0 N–H and O–H groups in total. The second kappa shape index (κ2) is 5.84. The van der Waals surface area contributed by atoms with Crippen LogP contribution in [0, 0.1) is 13.8 Å². The zero-order valence-electron chi connectivity index (χ0n) is 15.4. The molecule has 4 heterocycles. The first kappa shape index (κ1) is 16.1. The normalized spacial score (nSPS) is 21.2. The highest BCUT2D eigenvalue weighted by Gasteiger charge is 2.27. The first-order chi connectivity index (χ1) is 11.9. The third-order valence-electron chi connectivity index (χ3n) is 4.82. The van der Waals surface area contributed by atoms with Crippen LogP contribution in [0.2, 0.25) is 0 Å². The lowest BCUT2D eigenvalue weighted by atomic mass is 10.2. The smallest absolute Gasteiger partial charge is 0.160 e. The molecular weight excluding hydrogens is 316 g/mol. The standard InChI is InChI=1S/C18H24N6O/c1-11-9-23(10-12(2)25-11)18-13(3)14(4)20-16-8-15(21-24(16)18)17-19-6-7-22(17)5/h6-8,11-12H,9-10H2,1-5H3/t11-,12+. The highest BCUT2D eigenvalue weighted by molar-refractivity contribution is 5.63. The van der Waals surface area contributed by atoms with Gasteiger partial charge < -0.3 is 14.2 Å². The molecule has 3 aromatic rings. The highest BCUT2D eigenvalue weighted by Crippen LogP contribution is 2.28. The summed E-state index contributed by atoms with van der Waals surface area (Å²) in [6, 6.07) is 2.01. The van der Waals surface area contributed by atoms with E-state index in [4.69, 9.17) is 14.8 Å². The Bertz CT molecular complexity index is 917. The van der Waals surface area contributed by atoms with Crippen molar-refractivity contribution >= 4 is 11.5 Å². The van der Waals surface area contributed by atoms with E-state index in [0.29, 0.717) is 0 Å². The average molecular weight is 340 g/mol. The Labute approximate surface area is 147 Å². The van der Waals surface area contributed by atoms with Crippen molar-refractivity contribution in [2.24, 2.45) is 7.05 Å². The van der Waals surface area contributed by atoms with E-state index in [2.05, 4.69) is 37.6 Å². The molecule has 0 spiro atoms. The van der Waals surface area contributed by atoms with Crippen molar-refractivity contribution in [1.82, 2.24) is 24.1 Å². The first-order valence-corrected chi connectivity index (χ1v) is 8.69. The number of nitrogens with zero attached hydrogens (tertiary/aromatic N) is 6. The van der Waals surface area contributed by atoms with E-state index < -0.39 is 0 Å². The van der Waals surface area contributed by atoms with Gasteiger partial charge in [-0.3, -0.25) is 0 Å². The summed E-state index contributed by atoms with van der Waals surface area (Å²) in [7, 11) is 1.97. The summed E-state index contributed by atoms with van der Waals surface area (Å²) >= 11 is 0. The molecule has 7 heteroatoms. The van der Waals surface area contributed by atoms with Crippen LogP contribution in [0.1, 0.15) is 25.1 Å². The molecule has 25 heavy (non-hydrogen) atoms. The summed E-state index contributed by atoms with van der Waals surface area (Å²) < 4.78 is 9.83. The number of morpholine rings is 1. The third-order valence-corrected chi connectivity index (χ3v) is 4.82. The SMILES string of the molecule is Cc1nc2cc(-c3nccn3C)nn2c(N2C[C@@H](C)O[C@@H](C)C2)c1C. The summed E-state index contributed by atoms with van der Waals surface area (Å²) in [6.07, 6.45) is 4.10. The van der Waals surface area contributed by atoms with Crippen LogP contribution in [-0.4, -0.2) is 49.4 Å². The van der Waals surface area contributed by atoms with Gasteiger partial charge in [0.15, 0.2) is 11.5 Å². The molecule has 0 aliphatic carbocycles. The van der Waals surface area contributed by atoms with Gasteiger partial charge in [-0.05, 0) is 27.7 Å². The van der Waals surface area contributed by atoms with Crippen molar-refractivity contribution in [3.05, 3.63) is 29.7 Å². The largest absolute Gasteiger partial charge is 0.372 e. The number of aryl methyl sites for hydroxylation is 2. The van der Waals surface area contributed by atoms with Crippen molar-refractivity contribution in [2.75, 3.05) is 18.0 Å². The molecule has 7 nitrogen and oxygen atoms in total. The van der Waals surface area contributed by atoms with Crippen molar-refractivity contribution in [3.63, 3.8) is 0 Å². The van der Waals surface area contributed by atoms with Gasteiger partial charge in [-0.25, -0.2) is 9.97 Å². The number of rotatable bonds is 2. The minimum atomic E-state index is 0.191. The molecule has 1 fully saturated rings. The molecule has 0 aromatic carbocycles. The predicted octanol–water partition coefficient (Wildman–Crippen LogP) is 2.36. The van der Waals surface area contributed by atoms with E-state index in [1.54, 1.807) is 6.20 Å². The highest BCUT2D eigenvalue weighted by atomic mass is 16.5. The van der Waals surface area contributed by atoms with Gasteiger partial charge in [0.25, 0.3) is 0 Å². The van der Waals surface area contributed by atoms with Crippen LogP contribution in [0.15, 0.2) is 18.5 Å². The number of ether oxygens (including phenoxy) is 1. The summed E-state index contributed by atoms with van der Waals surface area (Å²) in [5, 5.41) is 4.83. The van der Waals surface area contributed by atoms with E-state index in [9.17, 15) is 0 Å². The number of fused-ring (bicyclic) bond motifs is 1. The quantitative estimate of drug-likeness (QED) is 0.717. The van der Waals surface area contributed by atoms with E-state index >= 15 is 0 Å². The minimum absolute atomic E-state index is 0.191. The maximum absolute atomic E-state index is 5.90. The lowest BCUT2D eigenvalue weighted by Gasteiger charge is -2.37. The van der Waals surface area contributed by atoms with Crippen LogP contribution in [0.3, 0.4) is 0 Å². The maximum atomic E-state index is 5.90. The first-order valence-electron chi connectivity index (χ1n) is 8.69. The molecule has 0 saturated carbocycles. The lowest BCUT2D eigenvalue weighted by molar-refractivity contribution is -0.00561. The summed E-state index contributed by atoms with van der Waals surface area (Å²) in [4.78, 5) is 11.5. The summed E-state index contributed by atoms with van der Waals surface area (Å²) in [5.74, 6) is 1.94. The second-order valence-corrected chi connectivity index (χ2v) is 6.97. The zero-order valence-corrected chi connectivity index (χ0v) is 15.4. The topological polar surface area (TPSA) is 60.5 Å². The lowest BCUT2D eigenvalue weighted by Crippen LogP contribution is -2.46. The molecule has 0 bridgehead atoms. The molecule has 3 aromatic heterocycles. The fraction of sp³-hybridized carbons (Fsp3) is 0.500. The number of hydrogen-bond donors (Lipinski definition) is 0. The van der Waals surface area contributed by atoms with Crippen LogP contribution in [0.25, 0.3) is 17.2 Å². The molecule has 0 amide bonds. The molecule has 1 aliphatic heterocycles. The molecule has 4 rings (SSSR count). The van der Waals surface area contributed by atoms with Gasteiger partial charge in [-0.1, -0.05) is 0 Å². The molecule has 132 valence electrons. The van der Waals surface area contributed by atoms with E-state index in [-0.39, 0.29) is 12.2 Å². The summed E-state index contributed by atoms with van der Waals surface area (Å²) in [6.45, 7) is 10.1. The van der Waals surface area contributed by atoms with Crippen molar-refractivity contribution in [2.45, 2.75) is 39.9 Å². The molecule has 0 unspecified atom stereocenters. The number of anilines is 1. The molecule has 1 saturated heterocycles. The van der Waals surface area contributed by atoms with Gasteiger partial charge in [0.2, 0.25) is 0 Å². The number of aromatic nitrogens is 5. The number of imidazole rings is 1. The molecular formula is C18H24N6O. The van der Waals surface area contributed by atoms with Gasteiger partial charge in [0.1, 0.15) is 11.5 Å². The Morgan fingerprint density at radius 2 is 1.88 bits per heavy atom. The van der Waals surface area contributed by atoms with Crippen LogP contribution < -0.4 is 4.90 Å². The predicted molar refractivity (Wildman–Crippen MR) is 96.9 cm³/mol. The van der Waals surface area contributed by atoms with Gasteiger partial charge >= 0.3 is 0 Å². The van der Waals surface area contributed by atoms with Crippen molar-refractivity contribution < 1.29 is 4.74 Å². The number of hydrogen-bond acceptors (Lipinski definition) is 5. The van der Waals surface area contributed by atoms with Crippen LogP contribution in [-0.2, 0) is 11.8 Å². The van der Waals surface area contributed by atoms with Crippen LogP contribution in [0.5, 0.6) is 0 Å². The Morgan fingerprint density at radius 3 is 2.52 bits per heavy atom. The monoisotopic (exact) mass is 340 g/mol. The second-order valence-electron chi connectivity index (χ2n) is 6.97. The van der Waals surface area contributed by atoms with Gasteiger partial charge in [-0.15, -0.1) is 0 Å².